The first-order valence-corrected chi connectivity index (χ1v) is 12.4. The minimum absolute atomic E-state index is 0.231. The summed E-state index contributed by atoms with van der Waals surface area (Å²) in [5, 5.41) is 15.0. The van der Waals surface area contributed by atoms with Crippen LogP contribution < -0.4 is 14.8 Å². The molecule has 0 radical (unpaired) electrons. The van der Waals surface area contributed by atoms with Crippen LogP contribution in [0.25, 0.3) is 10.9 Å². The second-order valence-corrected chi connectivity index (χ2v) is 9.60. The average Bonchev–Trinajstić information content (AvgIpc) is 3.26. The molecular weight excluding hydrogens is 555 g/mol. The summed E-state index contributed by atoms with van der Waals surface area (Å²) in [4.78, 5) is 15.3. The van der Waals surface area contributed by atoms with Gasteiger partial charge in [-0.2, -0.15) is 0 Å². The Morgan fingerprint density at radius 3 is 2.69 bits per heavy atom. The number of rotatable bonds is 10. The first-order chi connectivity index (χ1) is 16.9. The van der Waals surface area contributed by atoms with Crippen LogP contribution in [-0.4, -0.2) is 29.2 Å². The Morgan fingerprint density at radius 1 is 1.14 bits per heavy atom. The van der Waals surface area contributed by atoms with E-state index in [1.165, 1.54) is 0 Å². The lowest BCUT2D eigenvalue weighted by molar-refractivity contribution is -0.139. The van der Waals surface area contributed by atoms with Gasteiger partial charge in [0.2, 0.25) is 0 Å². The second-order valence-electron chi connectivity index (χ2n) is 7.93. The van der Waals surface area contributed by atoms with Crippen LogP contribution >= 0.6 is 39.1 Å². The molecule has 1 aromatic heterocycles. The number of aromatic amines is 1. The SMILES string of the molecule is COc1ccc(Br)c(CNC(Cc2c[nH]c3ccccc23)C(=O)O)c1OCc1ccc(Cl)c(Cl)c1. The van der Waals surface area contributed by atoms with Gasteiger partial charge in [-0.3, -0.25) is 10.1 Å². The number of aliphatic carboxylic acids is 1. The summed E-state index contributed by atoms with van der Waals surface area (Å²) < 4.78 is 12.4. The molecule has 0 aliphatic carbocycles. The summed E-state index contributed by atoms with van der Waals surface area (Å²) in [5.74, 6) is 0.109. The molecule has 3 N–H and O–H groups in total. The van der Waals surface area contributed by atoms with Crippen LogP contribution in [0, 0.1) is 0 Å². The molecule has 1 atom stereocenters. The van der Waals surface area contributed by atoms with Gasteiger partial charge in [0.15, 0.2) is 11.5 Å². The Morgan fingerprint density at radius 2 is 1.94 bits per heavy atom. The smallest absolute Gasteiger partial charge is 0.321 e. The van der Waals surface area contributed by atoms with E-state index in [1.54, 1.807) is 25.3 Å². The number of methoxy groups -OCH3 is 1. The molecular formula is C26H23BrCl2N2O4. The van der Waals surface area contributed by atoms with Crippen molar-refractivity contribution in [3.63, 3.8) is 0 Å². The molecule has 0 aliphatic heterocycles. The predicted octanol–water partition coefficient (Wildman–Crippen LogP) is 6.61. The summed E-state index contributed by atoms with van der Waals surface area (Å²) in [6, 6.07) is 15.9. The van der Waals surface area contributed by atoms with E-state index in [1.807, 2.05) is 42.6 Å². The molecule has 0 spiro atoms. The Kier molecular flexibility index (Phi) is 8.23. The average molecular weight is 578 g/mol. The Balaban J connectivity index is 1.54. The molecule has 9 heteroatoms. The number of H-pyrrole nitrogens is 1. The van der Waals surface area contributed by atoms with E-state index in [2.05, 4.69) is 26.2 Å². The summed E-state index contributed by atoms with van der Waals surface area (Å²) in [7, 11) is 1.56. The molecule has 0 amide bonds. The van der Waals surface area contributed by atoms with Gasteiger partial charge < -0.3 is 19.6 Å². The number of benzene rings is 3. The maximum Gasteiger partial charge on any atom is 0.321 e. The van der Waals surface area contributed by atoms with Crippen LogP contribution in [0.15, 0.2) is 65.3 Å². The lowest BCUT2D eigenvalue weighted by Crippen LogP contribution is -2.38. The highest BCUT2D eigenvalue weighted by atomic mass is 79.9. The molecule has 4 aromatic rings. The topological polar surface area (TPSA) is 83.6 Å². The summed E-state index contributed by atoms with van der Waals surface area (Å²) in [5.41, 5.74) is 3.49. The van der Waals surface area contributed by atoms with Crippen LogP contribution in [0.4, 0.5) is 0 Å². The first kappa shape index (κ1) is 25.4. The maximum atomic E-state index is 12.1. The fraction of sp³-hybridized carbons (Fsp3) is 0.192. The highest BCUT2D eigenvalue weighted by Gasteiger charge is 2.22. The number of ether oxygens (including phenoxy) is 2. The van der Waals surface area contributed by atoms with Crippen LogP contribution in [0.5, 0.6) is 11.5 Å². The zero-order valence-corrected chi connectivity index (χ0v) is 21.9. The minimum atomic E-state index is -0.937. The molecule has 0 fully saturated rings. The molecule has 6 nitrogen and oxygen atoms in total. The van der Waals surface area contributed by atoms with E-state index in [9.17, 15) is 9.90 Å². The normalized spacial score (nSPS) is 12.0. The number of hydrogen-bond donors (Lipinski definition) is 3. The number of hydrogen-bond acceptors (Lipinski definition) is 4. The Hall–Kier alpha value is -2.71. The fourth-order valence-electron chi connectivity index (χ4n) is 3.84. The van der Waals surface area contributed by atoms with Crippen LogP contribution in [-0.2, 0) is 24.4 Å². The van der Waals surface area contributed by atoms with Crippen molar-refractivity contribution in [2.24, 2.45) is 0 Å². The van der Waals surface area contributed by atoms with E-state index >= 15 is 0 Å². The second kappa shape index (κ2) is 11.4. The molecule has 4 rings (SSSR count). The summed E-state index contributed by atoms with van der Waals surface area (Å²) in [6.45, 7) is 0.474. The molecule has 182 valence electrons. The first-order valence-electron chi connectivity index (χ1n) is 10.8. The van der Waals surface area contributed by atoms with Gasteiger partial charge in [-0.25, -0.2) is 0 Å². The Bertz CT molecular complexity index is 1360. The number of para-hydroxylation sites is 1. The fourth-order valence-corrected chi connectivity index (χ4v) is 4.62. The van der Waals surface area contributed by atoms with Crippen molar-refractivity contribution >= 4 is 56.0 Å². The third kappa shape index (κ3) is 5.93. The van der Waals surface area contributed by atoms with Gasteiger partial charge in [0, 0.05) is 40.1 Å². The Labute approximate surface area is 221 Å². The lowest BCUT2D eigenvalue weighted by Gasteiger charge is -2.19. The highest BCUT2D eigenvalue weighted by molar-refractivity contribution is 9.10. The van der Waals surface area contributed by atoms with Crippen molar-refractivity contribution in [2.45, 2.75) is 25.6 Å². The van der Waals surface area contributed by atoms with E-state index in [0.29, 0.717) is 28.0 Å². The van der Waals surface area contributed by atoms with Crippen LogP contribution in [0.1, 0.15) is 16.7 Å². The van der Waals surface area contributed by atoms with Gasteiger partial charge in [-0.1, -0.05) is 63.4 Å². The molecule has 1 heterocycles. The number of carbonyl (C=O) groups is 1. The van der Waals surface area contributed by atoms with Gasteiger partial charge >= 0.3 is 5.97 Å². The zero-order valence-electron chi connectivity index (χ0n) is 18.8. The van der Waals surface area contributed by atoms with Crippen LogP contribution in [0.3, 0.4) is 0 Å². The van der Waals surface area contributed by atoms with Crippen molar-refractivity contribution in [1.82, 2.24) is 10.3 Å². The molecule has 0 bridgehead atoms. The third-order valence-electron chi connectivity index (χ3n) is 5.68. The van der Waals surface area contributed by atoms with Gasteiger partial charge in [0.1, 0.15) is 12.6 Å². The van der Waals surface area contributed by atoms with Crippen molar-refractivity contribution in [3.8, 4) is 11.5 Å². The standard InChI is InChI=1S/C26H23BrCl2N2O4/c1-34-24-9-7-19(27)18(25(24)35-14-15-6-8-20(28)21(29)10-15)13-31-23(26(32)33)11-16-12-30-22-5-3-2-4-17(16)22/h2-10,12,23,30-31H,11,13-14H2,1H3,(H,32,33). The number of nitrogens with one attached hydrogen (secondary N) is 2. The molecule has 0 saturated carbocycles. The van der Waals surface area contributed by atoms with Gasteiger partial charge in [0.25, 0.3) is 0 Å². The van der Waals surface area contributed by atoms with E-state index in [4.69, 9.17) is 32.7 Å². The van der Waals surface area contributed by atoms with Crippen molar-refractivity contribution in [1.29, 1.82) is 0 Å². The van der Waals surface area contributed by atoms with Crippen molar-refractivity contribution in [2.75, 3.05) is 7.11 Å². The number of halogens is 3. The third-order valence-corrected chi connectivity index (χ3v) is 7.16. The van der Waals surface area contributed by atoms with Gasteiger partial charge in [0.05, 0.1) is 17.2 Å². The number of aromatic nitrogens is 1. The molecule has 1 unspecified atom stereocenters. The maximum absolute atomic E-state index is 12.1. The van der Waals surface area contributed by atoms with Gasteiger partial charge in [-0.05, 0) is 41.5 Å². The number of fused-ring (bicyclic) bond motifs is 1. The minimum Gasteiger partial charge on any atom is -0.493 e. The van der Waals surface area contributed by atoms with Crippen molar-refractivity contribution < 1.29 is 19.4 Å². The molecule has 0 saturated heterocycles. The largest absolute Gasteiger partial charge is 0.493 e. The van der Waals surface area contributed by atoms with E-state index in [0.717, 1.165) is 32.1 Å². The summed E-state index contributed by atoms with van der Waals surface area (Å²) in [6.07, 6.45) is 2.18. The molecule has 0 aliphatic rings. The zero-order chi connectivity index (χ0) is 24.9. The van der Waals surface area contributed by atoms with Crippen LogP contribution in [0.2, 0.25) is 10.0 Å². The number of carboxylic acids is 1. The highest BCUT2D eigenvalue weighted by Crippen LogP contribution is 2.37. The quantitative estimate of drug-likeness (QED) is 0.197. The monoisotopic (exact) mass is 576 g/mol. The lowest BCUT2D eigenvalue weighted by atomic mass is 10.0. The molecule has 35 heavy (non-hydrogen) atoms. The summed E-state index contributed by atoms with van der Waals surface area (Å²) >= 11 is 15.7. The van der Waals surface area contributed by atoms with Gasteiger partial charge in [-0.15, -0.1) is 0 Å². The molecule has 3 aromatic carbocycles. The number of carboxylic acid groups (broad SMARTS) is 1. The van der Waals surface area contributed by atoms with E-state index in [-0.39, 0.29) is 13.2 Å². The van der Waals surface area contributed by atoms with E-state index < -0.39 is 12.0 Å². The predicted molar refractivity (Wildman–Crippen MR) is 142 cm³/mol. The van der Waals surface area contributed by atoms with Crippen molar-refractivity contribution in [3.05, 3.63) is 92.0 Å².